The molecule has 0 amide bonds. The summed E-state index contributed by atoms with van der Waals surface area (Å²) in [7, 11) is 0. The van der Waals surface area contributed by atoms with Crippen LogP contribution in [0, 0.1) is 0 Å². The first-order valence-corrected chi connectivity index (χ1v) is 33.6. The van der Waals surface area contributed by atoms with E-state index in [9.17, 15) is 14.7 Å². The first-order chi connectivity index (χ1) is 37.5. The molecule has 454 valence electrons. The number of hydrogen-bond donors (Lipinski definition) is 1. The Hall–Kier alpha value is -1.30. The molecule has 10 nitrogen and oxygen atoms in total. The maximum Gasteiger partial charge on any atom is 0.305 e. The van der Waals surface area contributed by atoms with E-state index in [0.29, 0.717) is 65.3 Å². The second-order valence-electron chi connectivity index (χ2n) is 22.6. The van der Waals surface area contributed by atoms with Crippen molar-refractivity contribution in [2.24, 2.45) is 0 Å². The van der Waals surface area contributed by atoms with Gasteiger partial charge in [-0.05, 0) is 83.8 Å². The van der Waals surface area contributed by atoms with Crippen molar-refractivity contribution in [2.45, 2.75) is 348 Å². The molecule has 0 atom stereocenters. The third kappa shape index (κ3) is 58.8. The Morgan fingerprint density at radius 1 is 0.303 bits per heavy atom. The van der Waals surface area contributed by atoms with Crippen LogP contribution in [0.3, 0.4) is 0 Å². The van der Waals surface area contributed by atoms with Crippen molar-refractivity contribution >= 4 is 11.9 Å². The summed E-state index contributed by atoms with van der Waals surface area (Å²) in [6.45, 7) is 16.3. The summed E-state index contributed by atoms with van der Waals surface area (Å²) in [5.74, 6) is -0.283. The zero-order valence-corrected chi connectivity index (χ0v) is 51.3. The minimum Gasteiger partial charge on any atom is -0.466 e. The van der Waals surface area contributed by atoms with Crippen molar-refractivity contribution in [3.63, 3.8) is 0 Å². The van der Waals surface area contributed by atoms with Crippen molar-refractivity contribution in [3.8, 4) is 0 Å². The van der Waals surface area contributed by atoms with Crippen molar-refractivity contribution in [1.82, 2.24) is 4.90 Å². The average molecular weight is 1080 g/mol. The zero-order valence-electron chi connectivity index (χ0n) is 51.3. The van der Waals surface area contributed by atoms with Gasteiger partial charge in [-0.1, -0.05) is 246 Å². The van der Waals surface area contributed by atoms with Crippen LogP contribution in [0.15, 0.2) is 0 Å². The molecule has 76 heavy (non-hydrogen) atoms. The highest BCUT2D eigenvalue weighted by Gasteiger charge is 2.15. The van der Waals surface area contributed by atoms with Gasteiger partial charge in [-0.2, -0.15) is 0 Å². The maximum absolute atomic E-state index is 12.8. The summed E-state index contributed by atoms with van der Waals surface area (Å²) < 4.78 is 36.0. The molecule has 0 bridgehead atoms. The van der Waals surface area contributed by atoms with Crippen LogP contribution >= 0.6 is 0 Å². The van der Waals surface area contributed by atoms with Crippen LogP contribution in [0.5, 0.6) is 0 Å². The fourth-order valence-electron chi connectivity index (χ4n) is 9.94. The molecule has 0 aromatic carbocycles. The number of aliphatic hydroxyl groups excluding tert-OH is 1. The number of hydrogen-bond acceptors (Lipinski definition) is 10. The fourth-order valence-corrected chi connectivity index (χ4v) is 9.94. The number of aliphatic hydroxyl groups is 1. The van der Waals surface area contributed by atoms with Crippen LogP contribution in [0.25, 0.3) is 0 Å². The molecular weight excluding hydrogens is 951 g/mol. The molecule has 10 heteroatoms. The minimum absolute atomic E-state index is 0.140. The van der Waals surface area contributed by atoms with Crippen molar-refractivity contribution in [3.05, 3.63) is 0 Å². The lowest BCUT2D eigenvalue weighted by molar-refractivity contribution is -0.159. The Morgan fingerprint density at radius 2 is 0.526 bits per heavy atom. The molecule has 0 rings (SSSR count). The quantitative estimate of drug-likeness (QED) is 0.0359. The van der Waals surface area contributed by atoms with Crippen LogP contribution in [0.2, 0.25) is 0 Å². The molecule has 0 spiro atoms. The highest BCUT2D eigenvalue weighted by molar-refractivity contribution is 5.69. The molecular formula is C66H131NO9. The Kier molecular flexibility index (Phi) is 63.4. The monoisotopic (exact) mass is 1080 g/mol. The lowest BCUT2D eigenvalue weighted by atomic mass is 10.1. The van der Waals surface area contributed by atoms with Gasteiger partial charge in [0.2, 0.25) is 0 Å². The fraction of sp³-hybridized carbons (Fsp3) is 0.970. The standard InChI is InChI=1S/C66H131NO9/c1-5-9-13-17-21-23-28-36-47-61-75-66(76-62-48-37-29-24-22-18-14-10-6-2)52-50-64(70)72-58-44-38-32-40-54-67(55-41-42-56-68)53-39-31-25-30-33-43-57-71-63(69)49-51-65(73-59-45-34-26-19-15-11-7-3)74-60-46-35-27-20-16-12-8-4/h65-66,68H,5-62H2,1-4H3. The molecule has 0 aliphatic carbocycles. The van der Waals surface area contributed by atoms with Gasteiger partial charge in [-0.3, -0.25) is 9.59 Å². The van der Waals surface area contributed by atoms with E-state index in [4.69, 9.17) is 28.4 Å². The van der Waals surface area contributed by atoms with E-state index in [1.165, 1.54) is 199 Å². The largest absolute Gasteiger partial charge is 0.466 e. The normalized spacial score (nSPS) is 11.8. The Morgan fingerprint density at radius 3 is 0.789 bits per heavy atom. The molecule has 1 N–H and O–H groups in total. The van der Waals surface area contributed by atoms with E-state index in [1.54, 1.807) is 0 Å². The van der Waals surface area contributed by atoms with E-state index in [1.807, 2.05) is 0 Å². The van der Waals surface area contributed by atoms with Gasteiger partial charge in [0, 0.05) is 45.9 Å². The number of esters is 2. The number of rotatable bonds is 66. The molecule has 0 unspecified atom stereocenters. The van der Waals surface area contributed by atoms with Crippen LogP contribution < -0.4 is 0 Å². The number of ether oxygens (including phenoxy) is 6. The molecule has 0 aliphatic rings. The highest BCUT2D eigenvalue weighted by Crippen LogP contribution is 2.17. The molecule has 0 fully saturated rings. The topological polar surface area (TPSA) is 113 Å². The summed E-state index contributed by atoms with van der Waals surface area (Å²) in [6.07, 6.45) is 54.6. The van der Waals surface area contributed by atoms with E-state index in [2.05, 4.69) is 32.6 Å². The highest BCUT2D eigenvalue weighted by atomic mass is 16.7. The van der Waals surface area contributed by atoms with Gasteiger partial charge in [-0.25, -0.2) is 0 Å². The lowest BCUT2D eigenvalue weighted by Gasteiger charge is -2.22. The lowest BCUT2D eigenvalue weighted by Crippen LogP contribution is -2.27. The number of nitrogens with zero attached hydrogens (tertiary/aromatic N) is 1. The van der Waals surface area contributed by atoms with Gasteiger partial charge in [0.15, 0.2) is 12.6 Å². The Labute approximate surface area is 472 Å². The van der Waals surface area contributed by atoms with Gasteiger partial charge >= 0.3 is 11.9 Å². The summed E-state index contributed by atoms with van der Waals surface area (Å²) >= 11 is 0. The number of carbonyl (C=O) groups excluding carboxylic acids is 2. The number of carbonyl (C=O) groups is 2. The van der Waals surface area contributed by atoms with Gasteiger partial charge in [-0.15, -0.1) is 0 Å². The van der Waals surface area contributed by atoms with Gasteiger partial charge in [0.1, 0.15) is 0 Å². The summed E-state index contributed by atoms with van der Waals surface area (Å²) in [6, 6.07) is 0. The predicted octanol–water partition coefficient (Wildman–Crippen LogP) is 18.9. The molecule has 0 aromatic heterocycles. The molecule has 0 heterocycles. The maximum atomic E-state index is 12.8. The van der Waals surface area contributed by atoms with Crippen molar-refractivity contribution in [2.75, 3.05) is 65.9 Å². The molecule has 0 aromatic rings. The predicted molar refractivity (Wildman–Crippen MR) is 321 cm³/mol. The van der Waals surface area contributed by atoms with Gasteiger partial charge in [0.25, 0.3) is 0 Å². The third-order valence-electron chi connectivity index (χ3n) is 15.0. The Bertz CT molecular complexity index is 1080. The van der Waals surface area contributed by atoms with Gasteiger partial charge in [0.05, 0.1) is 26.1 Å². The van der Waals surface area contributed by atoms with Crippen LogP contribution in [0.4, 0.5) is 0 Å². The second-order valence-corrected chi connectivity index (χ2v) is 22.6. The first-order valence-electron chi connectivity index (χ1n) is 33.6. The SMILES string of the molecule is CCCCCCCCCCCOC(CCC(=O)OCCCCCCN(CCCCO)CCCCCCCCOC(=O)CCC(OCCCCCCCCC)OCCCCCCCCC)OCCCCCCCCCCC. The van der Waals surface area contributed by atoms with E-state index < -0.39 is 0 Å². The summed E-state index contributed by atoms with van der Waals surface area (Å²) in [5, 5.41) is 9.40. The first kappa shape index (κ1) is 74.7. The zero-order chi connectivity index (χ0) is 55.1. The van der Waals surface area contributed by atoms with Crippen LogP contribution in [-0.2, 0) is 38.0 Å². The van der Waals surface area contributed by atoms with Crippen molar-refractivity contribution in [1.29, 1.82) is 0 Å². The molecule has 0 aliphatic heterocycles. The van der Waals surface area contributed by atoms with E-state index >= 15 is 0 Å². The average Bonchev–Trinajstić information content (AvgIpc) is 3.42. The third-order valence-corrected chi connectivity index (χ3v) is 15.0. The summed E-state index contributed by atoms with van der Waals surface area (Å²) in [4.78, 5) is 28.0. The van der Waals surface area contributed by atoms with Crippen LogP contribution in [-0.4, -0.2) is 100 Å². The second kappa shape index (κ2) is 64.5. The van der Waals surface area contributed by atoms with Gasteiger partial charge < -0.3 is 38.4 Å². The summed E-state index contributed by atoms with van der Waals surface area (Å²) in [5.41, 5.74) is 0. The molecule has 0 saturated carbocycles. The molecule has 0 radical (unpaired) electrons. The smallest absolute Gasteiger partial charge is 0.305 e. The Balaban J connectivity index is 4.37. The molecule has 0 saturated heterocycles. The van der Waals surface area contributed by atoms with Crippen LogP contribution in [0.1, 0.15) is 336 Å². The van der Waals surface area contributed by atoms with Crippen molar-refractivity contribution < 1.29 is 43.1 Å². The number of unbranched alkanes of at least 4 members (excludes halogenated alkanes) is 37. The minimum atomic E-state index is -0.330. The van der Waals surface area contributed by atoms with E-state index in [-0.39, 0.29) is 31.1 Å². The van der Waals surface area contributed by atoms with E-state index in [0.717, 1.165) is 103 Å².